The predicted octanol–water partition coefficient (Wildman–Crippen LogP) is 1.58. The molecule has 0 bridgehead atoms. The van der Waals surface area contributed by atoms with E-state index in [0.717, 1.165) is 0 Å². The van der Waals surface area contributed by atoms with E-state index < -0.39 is 11.2 Å². The fourth-order valence-electron chi connectivity index (χ4n) is 0.706. The number of hydrogen-bond donors (Lipinski definition) is 4. The van der Waals surface area contributed by atoms with Gasteiger partial charge in [0.2, 0.25) is 0 Å². The number of ether oxygens (including phenoxy) is 2. The molecule has 0 aliphatic rings. The average molecular weight is 376 g/mol. The molecule has 0 unspecified atom stereocenters. The minimum absolute atomic E-state index is 0. The van der Waals surface area contributed by atoms with Crippen LogP contribution in [0.25, 0.3) is 0 Å². The summed E-state index contributed by atoms with van der Waals surface area (Å²) < 4.78 is 9.31. The van der Waals surface area contributed by atoms with Crippen molar-refractivity contribution in [2.24, 2.45) is 0 Å². The zero-order valence-electron chi connectivity index (χ0n) is 16.7. The average Bonchev–Trinajstić information content (AvgIpc) is 2.11. The molecule has 0 aromatic heterocycles. The summed E-state index contributed by atoms with van der Waals surface area (Å²) in [5.74, 6) is 0. The third kappa shape index (κ3) is 131. The number of aliphatic hydroxyl groups is 4. The van der Waals surface area contributed by atoms with Crippen molar-refractivity contribution in [2.75, 3.05) is 27.4 Å². The molecular weight excluding hydrogens is 336 g/mol. The van der Waals surface area contributed by atoms with Gasteiger partial charge in [0.15, 0.2) is 0 Å². The van der Waals surface area contributed by atoms with Gasteiger partial charge in [0.05, 0.1) is 24.4 Å². The molecule has 0 aliphatic heterocycles. The molecule has 6 nitrogen and oxygen atoms in total. The van der Waals surface area contributed by atoms with Gasteiger partial charge >= 0.3 is 0 Å². The minimum Gasteiger partial charge on any atom is -0.394 e. The Balaban J connectivity index is -0.0000000639. The van der Waals surface area contributed by atoms with Gasteiger partial charge in [0.25, 0.3) is 0 Å². The monoisotopic (exact) mass is 376 g/mol. The molecule has 7 heteroatoms. The standard InChI is InChI=1S/2C5H12O2.2C3H8O.Ti/c2*1-5(2,6)4-7-3;2*1-3(2)4;/h2*6H,4H2,1-3H3;2*3-4H,1-2H3;. The molecule has 0 aliphatic carbocycles. The molecule has 144 valence electrons. The first kappa shape index (κ1) is 34.7. The third-order valence-corrected chi connectivity index (χ3v) is 0.995. The van der Waals surface area contributed by atoms with Crippen LogP contribution in [0.1, 0.15) is 55.4 Å². The van der Waals surface area contributed by atoms with Crippen LogP contribution in [0.4, 0.5) is 0 Å². The molecule has 0 spiro atoms. The predicted molar refractivity (Wildman–Crippen MR) is 91.1 cm³/mol. The summed E-state index contributed by atoms with van der Waals surface area (Å²) in [5.41, 5.74) is -1.34. The van der Waals surface area contributed by atoms with E-state index in [4.69, 9.17) is 20.4 Å². The van der Waals surface area contributed by atoms with Gasteiger partial charge in [0.1, 0.15) is 0 Å². The smallest absolute Gasteiger partial charge is 0.0824 e. The van der Waals surface area contributed by atoms with Gasteiger partial charge in [0, 0.05) is 48.1 Å². The Morgan fingerprint density at radius 1 is 0.696 bits per heavy atom. The fourth-order valence-corrected chi connectivity index (χ4v) is 0.706. The SMILES string of the molecule is CC(C)O.CC(C)O.COCC(C)(C)O.COCC(C)(C)O.[Ti]. The van der Waals surface area contributed by atoms with Gasteiger partial charge in [-0.25, -0.2) is 0 Å². The van der Waals surface area contributed by atoms with E-state index in [9.17, 15) is 0 Å². The van der Waals surface area contributed by atoms with E-state index in [1.807, 2.05) is 0 Å². The van der Waals surface area contributed by atoms with Crippen LogP contribution in [-0.2, 0) is 31.2 Å². The summed E-state index contributed by atoms with van der Waals surface area (Å²) >= 11 is 0. The Kier molecular flexibility index (Phi) is 31.0. The summed E-state index contributed by atoms with van der Waals surface area (Å²) in [4.78, 5) is 0. The van der Waals surface area contributed by atoms with E-state index in [0.29, 0.717) is 13.2 Å². The van der Waals surface area contributed by atoms with Gasteiger partial charge in [-0.1, -0.05) is 0 Å². The van der Waals surface area contributed by atoms with E-state index in [1.54, 1.807) is 69.6 Å². The number of methoxy groups -OCH3 is 2. The Morgan fingerprint density at radius 3 is 0.826 bits per heavy atom. The van der Waals surface area contributed by atoms with Crippen LogP contribution in [0.5, 0.6) is 0 Å². The van der Waals surface area contributed by atoms with Crippen LogP contribution < -0.4 is 0 Å². The molecule has 0 amide bonds. The molecule has 0 saturated carbocycles. The Hall–Kier alpha value is 0.474. The molecule has 4 N–H and O–H groups in total. The van der Waals surface area contributed by atoms with Crippen molar-refractivity contribution in [3.05, 3.63) is 0 Å². The van der Waals surface area contributed by atoms with Gasteiger partial charge in [-0.3, -0.25) is 0 Å². The number of aliphatic hydroxyl groups excluding tert-OH is 2. The maximum atomic E-state index is 8.89. The van der Waals surface area contributed by atoms with E-state index in [-0.39, 0.29) is 33.9 Å². The fraction of sp³-hybridized carbons (Fsp3) is 1.00. The maximum Gasteiger partial charge on any atom is 0.0824 e. The van der Waals surface area contributed by atoms with E-state index >= 15 is 0 Å². The zero-order valence-corrected chi connectivity index (χ0v) is 18.2. The molecular formula is C16H40O6Ti. The van der Waals surface area contributed by atoms with Crippen molar-refractivity contribution >= 4 is 0 Å². The molecule has 0 fully saturated rings. The van der Waals surface area contributed by atoms with Crippen molar-refractivity contribution in [2.45, 2.75) is 78.8 Å². The van der Waals surface area contributed by atoms with E-state index in [2.05, 4.69) is 9.47 Å². The van der Waals surface area contributed by atoms with Crippen LogP contribution in [0, 0.1) is 0 Å². The largest absolute Gasteiger partial charge is 0.394 e. The second-order valence-electron chi connectivity index (χ2n) is 6.68. The van der Waals surface area contributed by atoms with Gasteiger partial charge in [-0.05, 0) is 55.4 Å². The van der Waals surface area contributed by atoms with Crippen molar-refractivity contribution in [1.82, 2.24) is 0 Å². The van der Waals surface area contributed by atoms with Crippen LogP contribution >= 0.6 is 0 Å². The summed E-state index contributed by atoms with van der Waals surface area (Å²) in [6, 6.07) is 0. The molecule has 0 rings (SSSR count). The topological polar surface area (TPSA) is 99.4 Å². The zero-order chi connectivity index (χ0) is 19.0. The van der Waals surface area contributed by atoms with Crippen LogP contribution in [0.3, 0.4) is 0 Å². The summed E-state index contributed by atoms with van der Waals surface area (Å²) in [7, 11) is 3.13. The number of hydrogen-bond acceptors (Lipinski definition) is 6. The molecule has 23 heavy (non-hydrogen) atoms. The van der Waals surface area contributed by atoms with Gasteiger partial charge in [-0.15, -0.1) is 0 Å². The number of rotatable bonds is 4. The minimum atomic E-state index is -0.672. The first-order chi connectivity index (χ1) is 9.59. The van der Waals surface area contributed by atoms with Crippen LogP contribution in [-0.4, -0.2) is 71.3 Å². The molecule has 0 aromatic carbocycles. The molecule has 0 atom stereocenters. The van der Waals surface area contributed by atoms with Crippen molar-refractivity contribution in [3.63, 3.8) is 0 Å². The molecule has 0 heterocycles. The van der Waals surface area contributed by atoms with E-state index in [1.165, 1.54) is 0 Å². The van der Waals surface area contributed by atoms with Gasteiger partial charge in [-0.2, -0.15) is 0 Å². The third-order valence-electron chi connectivity index (χ3n) is 0.995. The summed E-state index contributed by atoms with van der Waals surface area (Å²) in [6.07, 6.45) is -0.333. The second-order valence-corrected chi connectivity index (χ2v) is 6.68. The molecule has 0 saturated heterocycles. The van der Waals surface area contributed by atoms with Crippen LogP contribution in [0.2, 0.25) is 0 Å². The summed E-state index contributed by atoms with van der Waals surface area (Å²) in [5, 5.41) is 33.9. The first-order valence-electron chi connectivity index (χ1n) is 7.37. The Morgan fingerprint density at radius 2 is 0.826 bits per heavy atom. The Bertz CT molecular complexity index is 170. The second kappa shape index (κ2) is 20.5. The normalized spacial score (nSPS) is 10.4. The van der Waals surface area contributed by atoms with Crippen molar-refractivity contribution in [3.8, 4) is 0 Å². The Labute approximate surface area is 158 Å². The molecule has 0 aromatic rings. The van der Waals surface area contributed by atoms with Crippen LogP contribution in [0.15, 0.2) is 0 Å². The van der Waals surface area contributed by atoms with Crippen molar-refractivity contribution < 1.29 is 51.6 Å². The summed E-state index contributed by atoms with van der Waals surface area (Å²) in [6.45, 7) is 14.5. The maximum absolute atomic E-state index is 8.89. The molecule has 0 radical (unpaired) electrons. The van der Waals surface area contributed by atoms with Crippen molar-refractivity contribution in [1.29, 1.82) is 0 Å². The first-order valence-corrected chi connectivity index (χ1v) is 7.37. The quantitative estimate of drug-likeness (QED) is 0.556. The van der Waals surface area contributed by atoms with Gasteiger partial charge < -0.3 is 29.9 Å².